The van der Waals surface area contributed by atoms with Gasteiger partial charge in [0.1, 0.15) is 11.6 Å². The van der Waals surface area contributed by atoms with Crippen molar-refractivity contribution in [1.29, 1.82) is 0 Å². The Kier molecular flexibility index (Phi) is 5.36. The molecule has 0 aliphatic carbocycles. The van der Waals surface area contributed by atoms with Crippen molar-refractivity contribution < 1.29 is 13.9 Å². The number of nitrogens with one attached hydrogen (secondary N) is 1. The fraction of sp³-hybridized carbons (Fsp3) is 0.238. The molecular formula is C21H20FN3O2S. The number of anilines is 2. The lowest BCUT2D eigenvalue weighted by Crippen LogP contribution is -2.36. The van der Waals surface area contributed by atoms with E-state index in [1.54, 1.807) is 18.3 Å². The highest BCUT2D eigenvalue weighted by Gasteiger charge is 2.15. The molecule has 0 saturated carbocycles. The number of benzene rings is 1. The van der Waals surface area contributed by atoms with E-state index in [2.05, 4.69) is 15.2 Å². The number of aryl methyl sites for hydroxylation is 1. The van der Waals surface area contributed by atoms with Crippen molar-refractivity contribution in [3.8, 4) is 11.1 Å². The Morgan fingerprint density at radius 1 is 1.18 bits per heavy atom. The molecule has 0 bridgehead atoms. The molecule has 4 rings (SSSR count). The lowest BCUT2D eigenvalue weighted by Gasteiger charge is -2.27. The first-order chi connectivity index (χ1) is 13.6. The average Bonchev–Trinajstić information content (AvgIpc) is 3.12. The molecule has 0 spiro atoms. The molecule has 1 amide bonds. The molecule has 2 aromatic heterocycles. The smallest absolute Gasteiger partial charge is 0.265 e. The minimum Gasteiger partial charge on any atom is -0.378 e. The largest absolute Gasteiger partial charge is 0.378 e. The molecule has 3 aromatic rings. The van der Waals surface area contributed by atoms with E-state index in [1.165, 1.54) is 23.5 Å². The summed E-state index contributed by atoms with van der Waals surface area (Å²) < 4.78 is 18.5. The number of hydrogen-bond acceptors (Lipinski definition) is 5. The molecule has 1 aliphatic heterocycles. The second-order valence-electron chi connectivity index (χ2n) is 6.55. The van der Waals surface area contributed by atoms with Crippen LogP contribution in [0.5, 0.6) is 0 Å². The van der Waals surface area contributed by atoms with Crippen LogP contribution in [0.3, 0.4) is 0 Å². The van der Waals surface area contributed by atoms with Gasteiger partial charge in [0.05, 0.1) is 30.0 Å². The van der Waals surface area contributed by atoms with Gasteiger partial charge in [-0.3, -0.25) is 4.79 Å². The summed E-state index contributed by atoms with van der Waals surface area (Å²) >= 11 is 1.42. The van der Waals surface area contributed by atoms with Crippen LogP contribution in [0.1, 0.15) is 14.5 Å². The molecule has 1 saturated heterocycles. The van der Waals surface area contributed by atoms with Gasteiger partial charge in [0.2, 0.25) is 0 Å². The second kappa shape index (κ2) is 8.08. The summed E-state index contributed by atoms with van der Waals surface area (Å²) in [6.07, 6.45) is 1.67. The summed E-state index contributed by atoms with van der Waals surface area (Å²) in [4.78, 5) is 20.9. The van der Waals surface area contributed by atoms with E-state index in [9.17, 15) is 9.18 Å². The van der Waals surface area contributed by atoms with Gasteiger partial charge in [-0.05, 0) is 48.4 Å². The third kappa shape index (κ3) is 4.05. The normalized spacial score (nSPS) is 14.1. The van der Waals surface area contributed by atoms with Crippen molar-refractivity contribution in [1.82, 2.24) is 4.98 Å². The Balaban J connectivity index is 1.46. The predicted molar refractivity (Wildman–Crippen MR) is 110 cm³/mol. The van der Waals surface area contributed by atoms with Gasteiger partial charge < -0.3 is 15.0 Å². The van der Waals surface area contributed by atoms with Crippen LogP contribution < -0.4 is 10.2 Å². The second-order valence-corrected chi connectivity index (χ2v) is 7.80. The quantitative estimate of drug-likeness (QED) is 0.711. The van der Waals surface area contributed by atoms with Crippen molar-refractivity contribution >= 4 is 28.7 Å². The first kappa shape index (κ1) is 18.6. The van der Waals surface area contributed by atoms with Crippen LogP contribution in [-0.4, -0.2) is 37.2 Å². The molecule has 28 heavy (non-hydrogen) atoms. The highest BCUT2D eigenvalue weighted by atomic mass is 32.1. The Morgan fingerprint density at radius 2 is 1.93 bits per heavy atom. The first-order valence-corrected chi connectivity index (χ1v) is 9.88. The molecular weight excluding hydrogens is 377 g/mol. The Bertz CT molecular complexity index is 964. The van der Waals surface area contributed by atoms with Crippen molar-refractivity contribution in [2.75, 3.05) is 36.5 Å². The number of thiophene rings is 1. The number of amides is 1. The molecule has 7 heteroatoms. The zero-order valence-corrected chi connectivity index (χ0v) is 16.3. The molecule has 3 heterocycles. The summed E-state index contributed by atoms with van der Waals surface area (Å²) in [5.41, 5.74) is 2.48. The van der Waals surface area contributed by atoms with Crippen molar-refractivity contribution in [3.63, 3.8) is 0 Å². The van der Waals surface area contributed by atoms with Gasteiger partial charge in [0.15, 0.2) is 0 Å². The van der Waals surface area contributed by atoms with Gasteiger partial charge in [-0.2, -0.15) is 0 Å². The number of ether oxygens (including phenoxy) is 1. The molecule has 144 valence electrons. The maximum atomic E-state index is 13.1. The Labute approximate surface area is 166 Å². The van der Waals surface area contributed by atoms with Crippen LogP contribution in [0.15, 0.2) is 48.7 Å². The van der Waals surface area contributed by atoms with Crippen LogP contribution in [0, 0.1) is 12.7 Å². The van der Waals surface area contributed by atoms with E-state index in [0.29, 0.717) is 23.8 Å². The molecule has 1 aliphatic rings. The summed E-state index contributed by atoms with van der Waals surface area (Å²) in [5.74, 6) is 0.428. The van der Waals surface area contributed by atoms with Gasteiger partial charge in [0, 0.05) is 18.0 Å². The van der Waals surface area contributed by atoms with Crippen LogP contribution in [0.2, 0.25) is 0 Å². The van der Waals surface area contributed by atoms with E-state index in [1.807, 2.05) is 25.1 Å². The standard InChI is InChI=1S/C21H20FN3O2S/c1-14-18(15-2-4-16(22)5-3-15)12-19(28-14)21(26)24-17-6-7-20(23-13-17)25-8-10-27-11-9-25/h2-7,12-13H,8-11H2,1H3,(H,24,26). The highest BCUT2D eigenvalue weighted by molar-refractivity contribution is 7.14. The van der Waals surface area contributed by atoms with Gasteiger partial charge >= 0.3 is 0 Å². The lowest BCUT2D eigenvalue weighted by molar-refractivity contribution is 0.103. The summed E-state index contributed by atoms with van der Waals surface area (Å²) in [5, 5.41) is 2.90. The minimum absolute atomic E-state index is 0.178. The number of hydrogen-bond donors (Lipinski definition) is 1. The fourth-order valence-corrected chi connectivity index (χ4v) is 4.08. The summed E-state index contributed by atoms with van der Waals surface area (Å²) in [6, 6.07) is 11.9. The summed E-state index contributed by atoms with van der Waals surface area (Å²) in [7, 11) is 0. The first-order valence-electron chi connectivity index (χ1n) is 9.06. The Morgan fingerprint density at radius 3 is 2.61 bits per heavy atom. The number of aromatic nitrogens is 1. The number of nitrogens with zero attached hydrogens (tertiary/aromatic N) is 2. The van der Waals surface area contributed by atoms with E-state index in [4.69, 9.17) is 4.74 Å². The number of carbonyl (C=O) groups is 1. The van der Waals surface area contributed by atoms with Gasteiger partial charge in [-0.25, -0.2) is 9.37 Å². The van der Waals surface area contributed by atoms with E-state index in [-0.39, 0.29) is 11.7 Å². The van der Waals surface area contributed by atoms with E-state index < -0.39 is 0 Å². The van der Waals surface area contributed by atoms with Crippen molar-refractivity contribution in [3.05, 3.63) is 64.2 Å². The topological polar surface area (TPSA) is 54.5 Å². The third-order valence-electron chi connectivity index (χ3n) is 4.64. The number of morpholine rings is 1. The SMILES string of the molecule is Cc1sc(C(=O)Nc2ccc(N3CCOCC3)nc2)cc1-c1ccc(F)cc1. The predicted octanol–water partition coefficient (Wildman–Crippen LogP) is 4.35. The van der Waals surface area contributed by atoms with Gasteiger partial charge in [0.25, 0.3) is 5.91 Å². The molecule has 0 atom stereocenters. The molecule has 0 radical (unpaired) electrons. The highest BCUT2D eigenvalue weighted by Crippen LogP contribution is 2.31. The number of rotatable bonds is 4. The Hall–Kier alpha value is -2.77. The van der Waals surface area contributed by atoms with Crippen molar-refractivity contribution in [2.24, 2.45) is 0 Å². The number of pyridine rings is 1. The average molecular weight is 397 g/mol. The maximum absolute atomic E-state index is 13.1. The fourth-order valence-electron chi connectivity index (χ4n) is 3.14. The van der Waals surface area contributed by atoms with Crippen LogP contribution in [-0.2, 0) is 4.74 Å². The summed E-state index contributed by atoms with van der Waals surface area (Å²) in [6.45, 7) is 5.00. The van der Waals surface area contributed by atoms with Gasteiger partial charge in [-0.1, -0.05) is 12.1 Å². The third-order valence-corrected chi connectivity index (χ3v) is 5.69. The van der Waals surface area contributed by atoms with Crippen LogP contribution >= 0.6 is 11.3 Å². The van der Waals surface area contributed by atoms with Crippen molar-refractivity contribution in [2.45, 2.75) is 6.92 Å². The molecule has 1 aromatic carbocycles. The number of halogens is 1. The molecule has 5 nitrogen and oxygen atoms in total. The van der Waals surface area contributed by atoms with Gasteiger partial charge in [-0.15, -0.1) is 11.3 Å². The number of carbonyl (C=O) groups excluding carboxylic acids is 1. The molecule has 1 N–H and O–H groups in total. The maximum Gasteiger partial charge on any atom is 0.265 e. The zero-order valence-electron chi connectivity index (χ0n) is 15.4. The molecule has 0 unspecified atom stereocenters. The van der Waals surface area contributed by atoms with Crippen LogP contribution in [0.25, 0.3) is 11.1 Å². The van der Waals surface area contributed by atoms with E-state index >= 15 is 0 Å². The monoisotopic (exact) mass is 397 g/mol. The van der Waals surface area contributed by atoms with Crippen LogP contribution in [0.4, 0.5) is 15.9 Å². The molecule has 1 fully saturated rings. The van der Waals surface area contributed by atoms with E-state index in [0.717, 1.165) is 34.9 Å². The lowest BCUT2D eigenvalue weighted by atomic mass is 10.1. The zero-order chi connectivity index (χ0) is 19.5. The minimum atomic E-state index is -0.275.